The van der Waals surface area contributed by atoms with E-state index >= 15 is 0 Å². The highest BCUT2D eigenvalue weighted by Crippen LogP contribution is 2.41. The molecule has 20 heavy (non-hydrogen) atoms. The average Bonchev–Trinajstić information content (AvgIpc) is 2.71. The third-order valence-corrected chi connectivity index (χ3v) is 4.72. The minimum absolute atomic E-state index is 0.0760. The topological polar surface area (TPSA) is 42.4 Å². The Morgan fingerprint density at radius 1 is 1.15 bits per heavy atom. The summed E-state index contributed by atoms with van der Waals surface area (Å²) in [5, 5.41) is 13.0. The van der Waals surface area contributed by atoms with Crippen molar-refractivity contribution in [3.05, 3.63) is 42.2 Å². The van der Waals surface area contributed by atoms with Gasteiger partial charge in [0.2, 0.25) is 0 Å². The number of hydrogen-bond acceptors (Lipinski definition) is 3. The van der Waals surface area contributed by atoms with Gasteiger partial charge >= 0.3 is 0 Å². The molecule has 0 radical (unpaired) electrons. The molecule has 3 rings (SSSR count). The Hall–Kier alpha value is -1.45. The van der Waals surface area contributed by atoms with Crippen LogP contribution in [0.2, 0.25) is 0 Å². The number of pyridine rings is 1. The molecule has 1 saturated heterocycles. The van der Waals surface area contributed by atoms with Crippen LogP contribution in [0.15, 0.2) is 36.7 Å². The van der Waals surface area contributed by atoms with Gasteiger partial charge in [-0.05, 0) is 36.8 Å². The fraction of sp³-hybridized carbons (Fsp3) is 0.471. The lowest BCUT2D eigenvalue weighted by molar-refractivity contribution is 0.0236. The van der Waals surface area contributed by atoms with E-state index in [1.54, 1.807) is 6.20 Å². The van der Waals surface area contributed by atoms with Crippen LogP contribution in [-0.4, -0.2) is 22.3 Å². The number of rotatable bonds is 2. The van der Waals surface area contributed by atoms with E-state index in [4.69, 9.17) is 4.74 Å². The number of aliphatic hydroxyl groups excluding tert-OH is 1. The first-order valence-corrected chi connectivity index (χ1v) is 7.25. The third-order valence-electron chi connectivity index (χ3n) is 4.72. The third kappa shape index (κ3) is 2.11. The molecule has 0 spiro atoms. The lowest BCUT2D eigenvalue weighted by atomic mass is 9.81. The van der Waals surface area contributed by atoms with Gasteiger partial charge in [-0.25, -0.2) is 0 Å². The molecule has 1 N–H and O–H groups in total. The predicted octanol–water partition coefficient (Wildman–Crippen LogP) is 3.33. The molecule has 1 aliphatic heterocycles. The van der Waals surface area contributed by atoms with Crippen LogP contribution in [0.5, 0.6) is 0 Å². The Labute approximate surface area is 119 Å². The van der Waals surface area contributed by atoms with Gasteiger partial charge in [-0.15, -0.1) is 0 Å². The van der Waals surface area contributed by atoms with Crippen LogP contribution in [0, 0.1) is 11.8 Å². The van der Waals surface area contributed by atoms with Crippen molar-refractivity contribution >= 4 is 10.8 Å². The van der Waals surface area contributed by atoms with Gasteiger partial charge in [0.1, 0.15) is 0 Å². The van der Waals surface area contributed by atoms with Gasteiger partial charge in [0.25, 0.3) is 0 Å². The summed E-state index contributed by atoms with van der Waals surface area (Å²) >= 11 is 0. The summed E-state index contributed by atoms with van der Waals surface area (Å²) in [6.45, 7) is 6.30. The largest absolute Gasteiger partial charge is 0.388 e. The van der Waals surface area contributed by atoms with Gasteiger partial charge in [-0.2, -0.15) is 0 Å². The molecule has 2 heterocycles. The molecule has 5 unspecified atom stereocenters. The number of benzene rings is 1. The first kappa shape index (κ1) is 13.5. The zero-order valence-corrected chi connectivity index (χ0v) is 12.2. The lowest BCUT2D eigenvalue weighted by Gasteiger charge is -2.26. The number of aromatic nitrogens is 1. The maximum atomic E-state index is 10.9. The lowest BCUT2D eigenvalue weighted by Crippen LogP contribution is -2.25. The molecule has 0 saturated carbocycles. The maximum Gasteiger partial charge on any atom is 0.0852 e. The molecule has 1 aromatic carbocycles. The molecular formula is C17H21NO2. The molecule has 0 amide bonds. The number of hydrogen-bond donors (Lipinski definition) is 1. The van der Waals surface area contributed by atoms with Crippen molar-refractivity contribution in [3.63, 3.8) is 0 Å². The van der Waals surface area contributed by atoms with Crippen LogP contribution in [-0.2, 0) is 4.74 Å². The maximum absolute atomic E-state index is 10.9. The fourth-order valence-electron chi connectivity index (χ4n) is 3.45. The molecule has 2 aromatic rings. The summed E-state index contributed by atoms with van der Waals surface area (Å²) in [7, 11) is 0. The number of nitrogens with zero attached hydrogens (tertiary/aromatic N) is 1. The molecule has 0 bridgehead atoms. The molecule has 1 aliphatic rings. The Kier molecular flexibility index (Phi) is 3.48. The second-order valence-electron chi connectivity index (χ2n) is 5.87. The van der Waals surface area contributed by atoms with Gasteiger partial charge in [0.05, 0.1) is 18.3 Å². The van der Waals surface area contributed by atoms with Crippen molar-refractivity contribution in [2.75, 3.05) is 0 Å². The predicted molar refractivity (Wildman–Crippen MR) is 79.4 cm³/mol. The van der Waals surface area contributed by atoms with Crippen molar-refractivity contribution in [2.45, 2.75) is 39.1 Å². The Bertz CT molecular complexity index is 607. The zero-order chi connectivity index (χ0) is 14.3. The SMILES string of the molecule is CC1OC(C)C(C(O)c2cccc3cnccc23)C1C. The number of ether oxygens (including phenoxy) is 1. The van der Waals surface area contributed by atoms with Gasteiger partial charge < -0.3 is 9.84 Å². The van der Waals surface area contributed by atoms with E-state index in [9.17, 15) is 5.11 Å². The summed E-state index contributed by atoms with van der Waals surface area (Å²) < 4.78 is 5.87. The average molecular weight is 271 g/mol. The molecule has 5 atom stereocenters. The monoisotopic (exact) mass is 271 g/mol. The highest BCUT2D eigenvalue weighted by atomic mass is 16.5. The van der Waals surface area contributed by atoms with Crippen molar-refractivity contribution in [1.29, 1.82) is 0 Å². The number of fused-ring (bicyclic) bond motifs is 1. The Balaban J connectivity index is 2.03. The van der Waals surface area contributed by atoms with E-state index in [0.29, 0.717) is 5.92 Å². The van der Waals surface area contributed by atoms with Crippen molar-refractivity contribution < 1.29 is 9.84 Å². The summed E-state index contributed by atoms with van der Waals surface area (Å²) in [4.78, 5) is 4.15. The summed E-state index contributed by atoms with van der Waals surface area (Å²) in [6, 6.07) is 7.99. The van der Waals surface area contributed by atoms with Crippen molar-refractivity contribution in [1.82, 2.24) is 4.98 Å². The second-order valence-corrected chi connectivity index (χ2v) is 5.87. The van der Waals surface area contributed by atoms with Crippen LogP contribution in [0.3, 0.4) is 0 Å². The quantitative estimate of drug-likeness (QED) is 0.911. The minimum atomic E-state index is -0.504. The van der Waals surface area contributed by atoms with Gasteiger partial charge in [-0.1, -0.05) is 25.1 Å². The van der Waals surface area contributed by atoms with E-state index in [1.807, 2.05) is 30.5 Å². The van der Waals surface area contributed by atoms with Crippen LogP contribution < -0.4 is 0 Å². The molecule has 0 aliphatic carbocycles. The first-order valence-electron chi connectivity index (χ1n) is 7.25. The first-order chi connectivity index (χ1) is 9.59. The normalized spacial score (nSPS) is 31.6. The van der Waals surface area contributed by atoms with E-state index in [0.717, 1.165) is 16.3 Å². The second kappa shape index (κ2) is 5.15. The van der Waals surface area contributed by atoms with Crippen LogP contribution in [0.4, 0.5) is 0 Å². The van der Waals surface area contributed by atoms with Gasteiger partial charge in [0, 0.05) is 23.7 Å². The smallest absolute Gasteiger partial charge is 0.0852 e. The Morgan fingerprint density at radius 2 is 1.95 bits per heavy atom. The molecule has 1 aromatic heterocycles. The molecule has 106 valence electrons. The fourth-order valence-corrected chi connectivity index (χ4v) is 3.45. The standard InChI is InChI=1S/C17H21NO2/c1-10-11(2)20-12(3)16(10)17(19)15-6-4-5-13-9-18-8-7-14(13)15/h4-12,16-17,19H,1-3H3. The summed E-state index contributed by atoms with van der Waals surface area (Å²) in [6.07, 6.45) is 3.38. The molecule has 3 heteroatoms. The molecule has 1 fully saturated rings. The van der Waals surface area contributed by atoms with Gasteiger partial charge in [0.15, 0.2) is 0 Å². The van der Waals surface area contributed by atoms with Crippen LogP contribution in [0.25, 0.3) is 10.8 Å². The molecular weight excluding hydrogens is 250 g/mol. The number of aliphatic hydroxyl groups is 1. The van der Waals surface area contributed by atoms with Crippen molar-refractivity contribution in [2.24, 2.45) is 11.8 Å². The Morgan fingerprint density at radius 3 is 2.65 bits per heavy atom. The summed E-state index contributed by atoms with van der Waals surface area (Å²) in [5.41, 5.74) is 0.978. The van der Waals surface area contributed by atoms with Gasteiger partial charge in [-0.3, -0.25) is 4.98 Å². The highest BCUT2D eigenvalue weighted by molar-refractivity contribution is 5.85. The molecule has 3 nitrogen and oxygen atoms in total. The highest BCUT2D eigenvalue weighted by Gasteiger charge is 2.41. The van der Waals surface area contributed by atoms with Crippen molar-refractivity contribution in [3.8, 4) is 0 Å². The minimum Gasteiger partial charge on any atom is -0.388 e. The summed E-state index contributed by atoms with van der Waals surface area (Å²) in [5.74, 6) is 0.473. The van der Waals surface area contributed by atoms with Crippen LogP contribution >= 0.6 is 0 Å². The van der Waals surface area contributed by atoms with E-state index in [2.05, 4.69) is 25.8 Å². The zero-order valence-electron chi connectivity index (χ0n) is 12.2. The van der Waals surface area contributed by atoms with E-state index in [1.165, 1.54) is 0 Å². The van der Waals surface area contributed by atoms with Crippen LogP contribution in [0.1, 0.15) is 32.4 Å². The van der Waals surface area contributed by atoms with E-state index < -0.39 is 6.10 Å². The van der Waals surface area contributed by atoms with E-state index in [-0.39, 0.29) is 18.1 Å².